The number of rotatable bonds is 18. The lowest BCUT2D eigenvalue weighted by atomic mass is 9.46. The summed E-state index contributed by atoms with van der Waals surface area (Å²) in [5, 5.41) is 182. The van der Waals surface area contributed by atoms with Crippen LogP contribution in [0.25, 0.3) is 0 Å². The Hall–Kier alpha value is -1.71. The van der Waals surface area contributed by atoms with Crippen LogP contribution in [0.3, 0.4) is 0 Å². The van der Waals surface area contributed by atoms with Crippen LogP contribution in [0.1, 0.15) is 79.1 Å². The Morgan fingerprint density at radius 3 is 1.81 bits per heavy atom. The van der Waals surface area contributed by atoms with E-state index in [1.54, 1.807) is 6.08 Å². The van der Waals surface area contributed by atoms with Gasteiger partial charge in [-0.25, -0.2) is 0 Å². The lowest BCUT2D eigenvalue weighted by Gasteiger charge is -2.57. The third-order valence-corrected chi connectivity index (χ3v) is 21.1. The van der Waals surface area contributed by atoms with Crippen LogP contribution in [0.15, 0.2) is 11.6 Å². The van der Waals surface area contributed by atoms with E-state index in [-0.39, 0.29) is 72.3 Å². The molecule has 3 saturated carbocycles. The van der Waals surface area contributed by atoms with Crippen molar-refractivity contribution >= 4 is 5.78 Å². The molecular formula is C56H90O29. The largest absolute Gasteiger partial charge is 0.394 e. The second-order valence-electron chi connectivity index (χ2n) is 26.2. The first-order chi connectivity index (χ1) is 40.2. The molecule has 4 aliphatic carbocycles. The second kappa shape index (κ2) is 26.1. The zero-order valence-corrected chi connectivity index (χ0v) is 48.0. The molecule has 17 N–H and O–H groups in total. The van der Waals surface area contributed by atoms with Gasteiger partial charge in [-0.1, -0.05) is 33.3 Å². The van der Waals surface area contributed by atoms with Crippen LogP contribution in [0.2, 0.25) is 0 Å². The Bertz CT molecular complexity index is 2280. The van der Waals surface area contributed by atoms with Crippen molar-refractivity contribution in [3.63, 3.8) is 0 Å². The molecule has 29 nitrogen and oxygen atoms in total. The van der Waals surface area contributed by atoms with E-state index in [4.69, 9.17) is 52.1 Å². The highest BCUT2D eigenvalue weighted by Gasteiger charge is 2.69. The van der Waals surface area contributed by atoms with Crippen LogP contribution in [0, 0.1) is 46.3 Å². The zero-order valence-electron chi connectivity index (χ0n) is 48.0. The van der Waals surface area contributed by atoms with Gasteiger partial charge in [0.15, 0.2) is 43.0 Å². The summed E-state index contributed by atoms with van der Waals surface area (Å²) < 4.78 is 65.4. The summed E-state index contributed by atoms with van der Waals surface area (Å²) in [5.41, 5.74) is 0.141. The third-order valence-electron chi connectivity index (χ3n) is 21.1. The first-order valence-electron chi connectivity index (χ1n) is 30.0. The van der Waals surface area contributed by atoms with Crippen molar-refractivity contribution in [2.75, 3.05) is 39.6 Å². The van der Waals surface area contributed by atoms with Gasteiger partial charge in [0.25, 0.3) is 0 Å². The monoisotopic (exact) mass is 1230 g/mol. The van der Waals surface area contributed by atoms with Gasteiger partial charge in [0.05, 0.1) is 51.8 Å². The number of hydrogen-bond acceptors (Lipinski definition) is 29. The van der Waals surface area contributed by atoms with Gasteiger partial charge < -0.3 is 139 Å². The minimum atomic E-state index is -2.05. The predicted molar refractivity (Wildman–Crippen MR) is 279 cm³/mol. The molecule has 0 amide bonds. The van der Waals surface area contributed by atoms with Gasteiger partial charge in [-0.3, -0.25) is 4.79 Å². The Balaban J connectivity index is 0.783. The van der Waals surface area contributed by atoms with Crippen molar-refractivity contribution in [1.82, 2.24) is 0 Å². The normalized spacial score (nSPS) is 54.0. The molecule has 85 heavy (non-hydrogen) atoms. The van der Waals surface area contributed by atoms with Crippen molar-refractivity contribution in [2.45, 2.75) is 244 Å². The summed E-state index contributed by atoms with van der Waals surface area (Å²) in [4.78, 5) is 14.6. The van der Waals surface area contributed by atoms with E-state index in [9.17, 15) is 91.6 Å². The maximum Gasteiger partial charge on any atom is 0.187 e. The number of hydrogen-bond donors (Lipinski definition) is 17. The molecule has 0 aromatic carbocycles. The fourth-order valence-electron chi connectivity index (χ4n) is 16.0. The highest BCUT2D eigenvalue weighted by molar-refractivity contribution is 5.94. The molecule has 6 aliphatic heterocycles. The molecule has 35 atom stereocenters. The lowest BCUT2D eigenvalue weighted by Crippen LogP contribution is -2.68. The zero-order chi connectivity index (χ0) is 61.5. The third kappa shape index (κ3) is 12.1. The van der Waals surface area contributed by atoms with Crippen molar-refractivity contribution in [3.05, 3.63) is 11.6 Å². The molecule has 6 heterocycles. The van der Waals surface area contributed by atoms with Crippen molar-refractivity contribution in [2.24, 2.45) is 46.3 Å². The number of fused-ring (bicyclic) bond motifs is 7. The fourth-order valence-corrected chi connectivity index (χ4v) is 16.0. The number of carbonyl (C=O) groups excluding carboxylic acids is 1. The van der Waals surface area contributed by atoms with E-state index in [1.807, 2.05) is 13.8 Å². The SMILES string of the molecule is C[C@@H](CC[C@@]1(O)O[C@H]2C[C@H]3[C@@H]4C(=O)C=C5C[C@@H](O[C@@H]6O[C@H](CO)[C@H](O[C@@H]7O[C@H](CO)[C@@H](O)[C@H](O[C@@H]8OC[C@@H](O)C(O)[C@H]8O)[C@H]7O[C@@H]7O[C@H](CO)[C@@H](O)[C@H](O)[C@H]7O)[C@H](O)[C@H]6O)CC[C@]5(C)[C@H]4CC[C@]3(C)[C@H]2[C@@H]1C)CO[C@@H]1O[C@H](CO)[C@@H](O)[C@H](O)[C@H]1O. The molecule has 10 aliphatic rings. The van der Waals surface area contributed by atoms with E-state index >= 15 is 0 Å². The van der Waals surface area contributed by atoms with Crippen LogP contribution in [-0.2, 0) is 56.9 Å². The number of carbonyl (C=O) groups is 1. The first kappa shape index (κ1) is 66.2. The summed E-state index contributed by atoms with van der Waals surface area (Å²) in [6.45, 7) is 4.60. The smallest absolute Gasteiger partial charge is 0.187 e. The van der Waals surface area contributed by atoms with Crippen molar-refractivity contribution in [3.8, 4) is 0 Å². The van der Waals surface area contributed by atoms with Gasteiger partial charge in [-0.05, 0) is 85.5 Å². The molecule has 0 aromatic rings. The van der Waals surface area contributed by atoms with E-state index in [2.05, 4.69) is 13.8 Å². The molecule has 10 rings (SSSR count). The minimum Gasteiger partial charge on any atom is -0.394 e. The average molecular weight is 1230 g/mol. The number of aliphatic hydroxyl groups excluding tert-OH is 16. The van der Waals surface area contributed by atoms with E-state index in [0.29, 0.717) is 25.7 Å². The molecule has 0 spiro atoms. The van der Waals surface area contributed by atoms with E-state index < -0.39 is 198 Å². The van der Waals surface area contributed by atoms with Crippen molar-refractivity contribution < 1.29 is 144 Å². The van der Waals surface area contributed by atoms with Gasteiger partial charge in [0.2, 0.25) is 0 Å². The number of allylic oxidation sites excluding steroid dienone is 1. The predicted octanol–water partition coefficient (Wildman–Crippen LogP) is -6.39. The molecule has 0 radical (unpaired) electrons. The van der Waals surface area contributed by atoms with Crippen LogP contribution in [-0.4, -0.2) is 298 Å². The van der Waals surface area contributed by atoms with E-state index in [1.165, 1.54) is 0 Å². The summed E-state index contributed by atoms with van der Waals surface area (Å²) in [7, 11) is 0. The minimum absolute atomic E-state index is 0.00365. The number of ether oxygens (including phenoxy) is 11. The number of ketones is 1. The van der Waals surface area contributed by atoms with E-state index in [0.717, 1.165) is 18.4 Å². The maximum absolute atomic E-state index is 14.6. The molecule has 6 saturated heterocycles. The molecular weight excluding hydrogens is 1140 g/mol. The molecule has 488 valence electrons. The second-order valence-corrected chi connectivity index (χ2v) is 26.2. The fraction of sp³-hybridized carbons (Fsp3) is 0.946. The molecule has 9 fully saturated rings. The average Bonchev–Trinajstić information content (AvgIpc) is 1.61. The lowest BCUT2D eigenvalue weighted by molar-refractivity contribution is -0.403. The molecule has 0 bridgehead atoms. The Labute approximate surface area is 490 Å². The van der Waals surface area contributed by atoms with Gasteiger partial charge in [-0.2, -0.15) is 0 Å². The molecule has 29 heteroatoms. The number of aliphatic hydroxyl groups is 17. The van der Waals surface area contributed by atoms with Gasteiger partial charge in [0, 0.05) is 18.3 Å². The van der Waals surface area contributed by atoms with Gasteiger partial charge in [0.1, 0.15) is 116 Å². The van der Waals surface area contributed by atoms with Crippen LogP contribution in [0.4, 0.5) is 0 Å². The summed E-state index contributed by atoms with van der Waals surface area (Å²) >= 11 is 0. The Morgan fingerprint density at radius 2 is 1.15 bits per heavy atom. The maximum atomic E-state index is 14.6. The quantitative estimate of drug-likeness (QED) is 0.0607. The molecule has 0 aromatic heterocycles. The standard InChI is InChI=1S/C56H90O29/c1-20(18-75-49-43(71)39(67)36(64)29(14-57)78-49)5-10-56(74)21(2)34-28(85-56)13-25-33-24(7-9-55(25,34)4)54(3)8-6-23(11-22(54)12-26(33)61)77-51-45(73)41(69)46(32(17-60)81-51)82-53-48(84-52-44(72)40(68)37(65)30(15-58)79-52)47(38(66)31(16-59)80-53)83-50-42(70)35(63)27(62)19-76-50/h12,20-21,23-25,27-53,57-60,62-74H,5-11,13-19H2,1-4H3/t20-,21-,23-,24-,25-,27+,28-,29+,30+,31+,32+,33+,34-,35?,36+,37+,38+,39-,40-,41+,42+,43+,44+,45+,46-,47-,48+,49+,50-,51+,52-,53-,54-,55-,56+/m0/s1. The first-order valence-corrected chi connectivity index (χ1v) is 30.0. The summed E-state index contributed by atoms with van der Waals surface area (Å²) in [6.07, 6.45) is -36.3. The van der Waals surface area contributed by atoms with Crippen LogP contribution >= 0.6 is 0 Å². The summed E-state index contributed by atoms with van der Waals surface area (Å²) in [5.74, 6) is -2.26. The Morgan fingerprint density at radius 1 is 0.600 bits per heavy atom. The Kier molecular flexibility index (Phi) is 20.3. The highest BCUT2D eigenvalue weighted by atomic mass is 16.8. The molecule has 1 unspecified atom stereocenters. The van der Waals surface area contributed by atoms with Crippen LogP contribution in [0.5, 0.6) is 0 Å². The van der Waals surface area contributed by atoms with Gasteiger partial charge >= 0.3 is 0 Å². The van der Waals surface area contributed by atoms with Crippen molar-refractivity contribution in [1.29, 1.82) is 0 Å². The summed E-state index contributed by atoms with van der Waals surface area (Å²) in [6, 6.07) is 0. The topological polar surface area (TPSA) is 463 Å². The van der Waals surface area contributed by atoms with Gasteiger partial charge in [-0.15, -0.1) is 0 Å². The van der Waals surface area contributed by atoms with Crippen LogP contribution < -0.4 is 0 Å². The highest BCUT2D eigenvalue weighted by Crippen LogP contribution is 2.70.